The van der Waals surface area contributed by atoms with E-state index in [-0.39, 0.29) is 0 Å². The Balaban J connectivity index is 1.86. The molecule has 2 aliphatic rings. The molecule has 0 radical (unpaired) electrons. The van der Waals surface area contributed by atoms with E-state index >= 15 is 0 Å². The summed E-state index contributed by atoms with van der Waals surface area (Å²) in [4.78, 5) is 2.63. The van der Waals surface area contributed by atoms with Crippen molar-refractivity contribution in [1.82, 2.24) is 4.90 Å². The summed E-state index contributed by atoms with van der Waals surface area (Å²) in [6, 6.07) is 1.21. The molecule has 2 fully saturated rings. The Morgan fingerprint density at radius 3 is 2.10 bits per heavy atom. The van der Waals surface area contributed by atoms with Crippen LogP contribution in [0.5, 0.6) is 0 Å². The van der Waals surface area contributed by atoms with Gasteiger partial charge in [-0.2, -0.15) is 0 Å². The van der Waals surface area contributed by atoms with Crippen molar-refractivity contribution >= 4 is 0 Å². The molecule has 0 spiro atoms. The quantitative estimate of drug-likeness (QED) is 0.845. The van der Waals surface area contributed by atoms with E-state index in [4.69, 9.17) is 5.73 Å². The first kappa shape index (κ1) is 16.3. The van der Waals surface area contributed by atoms with E-state index in [0.717, 1.165) is 6.04 Å². The van der Waals surface area contributed by atoms with Crippen LogP contribution in [-0.2, 0) is 0 Å². The third-order valence-corrected chi connectivity index (χ3v) is 6.03. The summed E-state index contributed by atoms with van der Waals surface area (Å²) >= 11 is 0. The van der Waals surface area contributed by atoms with Crippen LogP contribution >= 0.6 is 0 Å². The fourth-order valence-electron chi connectivity index (χ4n) is 4.30. The van der Waals surface area contributed by atoms with Crippen molar-refractivity contribution in [3.05, 3.63) is 0 Å². The van der Waals surface area contributed by atoms with Crippen molar-refractivity contribution in [3.63, 3.8) is 0 Å². The van der Waals surface area contributed by atoms with Gasteiger partial charge in [-0.15, -0.1) is 0 Å². The third-order valence-electron chi connectivity index (χ3n) is 6.03. The Morgan fingerprint density at radius 1 is 0.950 bits per heavy atom. The Hall–Kier alpha value is -0.0800. The molecule has 118 valence electrons. The molecule has 2 rings (SSSR count). The zero-order valence-electron chi connectivity index (χ0n) is 14.4. The first-order valence-corrected chi connectivity index (χ1v) is 8.64. The molecule has 0 aromatic rings. The second-order valence-electron chi connectivity index (χ2n) is 9.17. The summed E-state index contributed by atoms with van der Waals surface area (Å²) in [5.41, 5.74) is 7.46. The Bertz CT molecular complexity index is 311. The molecule has 2 N–H and O–H groups in total. The van der Waals surface area contributed by atoms with Gasteiger partial charge in [0.25, 0.3) is 0 Å². The van der Waals surface area contributed by atoms with Crippen molar-refractivity contribution in [3.8, 4) is 0 Å². The van der Waals surface area contributed by atoms with Crippen LogP contribution in [0.2, 0.25) is 0 Å². The fraction of sp³-hybridized carbons (Fsp3) is 1.00. The Kier molecular flexibility index (Phi) is 4.86. The van der Waals surface area contributed by atoms with Crippen LogP contribution in [0.1, 0.15) is 72.6 Å². The molecule has 20 heavy (non-hydrogen) atoms. The van der Waals surface area contributed by atoms with Gasteiger partial charge in [0.1, 0.15) is 0 Å². The van der Waals surface area contributed by atoms with Gasteiger partial charge in [-0.25, -0.2) is 0 Å². The van der Waals surface area contributed by atoms with Gasteiger partial charge in [-0.3, -0.25) is 0 Å². The van der Waals surface area contributed by atoms with Gasteiger partial charge >= 0.3 is 0 Å². The molecule has 0 saturated heterocycles. The highest BCUT2D eigenvalue weighted by atomic mass is 15.1. The lowest BCUT2D eigenvalue weighted by Crippen LogP contribution is -2.47. The lowest BCUT2D eigenvalue weighted by molar-refractivity contribution is 0.0781. The van der Waals surface area contributed by atoms with Gasteiger partial charge in [0.2, 0.25) is 0 Å². The third kappa shape index (κ3) is 4.21. The van der Waals surface area contributed by atoms with Gasteiger partial charge < -0.3 is 10.6 Å². The highest BCUT2D eigenvalue weighted by molar-refractivity contribution is 4.90. The van der Waals surface area contributed by atoms with E-state index in [9.17, 15) is 0 Å². The molecular weight excluding hydrogens is 244 g/mol. The van der Waals surface area contributed by atoms with E-state index in [0.29, 0.717) is 22.8 Å². The number of hydrogen-bond donors (Lipinski definition) is 1. The van der Waals surface area contributed by atoms with Crippen molar-refractivity contribution in [2.45, 2.75) is 84.7 Å². The van der Waals surface area contributed by atoms with Crippen molar-refractivity contribution in [2.75, 3.05) is 13.6 Å². The molecule has 2 atom stereocenters. The molecule has 2 aliphatic carbocycles. The van der Waals surface area contributed by atoms with E-state index < -0.39 is 0 Å². The molecule has 2 heteroatoms. The molecule has 2 nitrogen and oxygen atoms in total. The maximum atomic E-state index is 6.39. The average molecular weight is 281 g/mol. The van der Waals surface area contributed by atoms with Crippen LogP contribution in [0.3, 0.4) is 0 Å². The molecule has 2 saturated carbocycles. The first-order valence-electron chi connectivity index (χ1n) is 8.64. The fourth-order valence-corrected chi connectivity index (χ4v) is 4.30. The van der Waals surface area contributed by atoms with Crippen LogP contribution in [-0.4, -0.2) is 30.6 Å². The van der Waals surface area contributed by atoms with Crippen LogP contribution in [0.15, 0.2) is 0 Å². The van der Waals surface area contributed by atoms with Gasteiger partial charge in [0.15, 0.2) is 0 Å². The van der Waals surface area contributed by atoms with E-state index in [1.807, 2.05) is 0 Å². The predicted octanol–water partition coefficient (Wildman–Crippen LogP) is 4.04. The van der Waals surface area contributed by atoms with Crippen LogP contribution in [0.4, 0.5) is 0 Å². The minimum absolute atomic E-state index is 0.422. The topological polar surface area (TPSA) is 29.3 Å². The zero-order chi connectivity index (χ0) is 15.0. The van der Waals surface area contributed by atoms with Gasteiger partial charge in [-0.1, -0.05) is 27.7 Å². The molecule has 0 aromatic heterocycles. The van der Waals surface area contributed by atoms with E-state index in [1.54, 1.807) is 0 Å². The molecule has 0 aromatic carbocycles. The lowest BCUT2D eigenvalue weighted by Gasteiger charge is -2.44. The maximum Gasteiger partial charge on any atom is 0.00927 e. The molecular formula is C18H36N2. The molecule has 2 unspecified atom stereocenters. The highest BCUT2D eigenvalue weighted by Crippen LogP contribution is 2.40. The lowest BCUT2D eigenvalue weighted by atomic mass is 9.69. The smallest absolute Gasteiger partial charge is 0.00927 e. The summed E-state index contributed by atoms with van der Waals surface area (Å²) in [6.45, 7) is 10.9. The number of hydrogen-bond acceptors (Lipinski definition) is 2. The summed E-state index contributed by atoms with van der Waals surface area (Å²) in [6.07, 6.45) is 9.31. The second kappa shape index (κ2) is 5.96. The van der Waals surface area contributed by atoms with Gasteiger partial charge in [0, 0.05) is 18.6 Å². The molecule has 0 amide bonds. The van der Waals surface area contributed by atoms with Gasteiger partial charge in [0.05, 0.1) is 0 Å². The normalized spacial score (nSPS) is 34.4. The monoisotopic (exact) mass is 280 g/mol. The van der Waals surface area contributed by atoms with Crippen LogP contribution < -0.4 is 5.73 Å². The second-order valence-corrected chi connectivity index (χ2v) is 9.17. The summed E-state index contributed by atoms with van der Waals surface area (Å²) in [7, 11) is 2.33. The summed E-state index contributed by atoms with van der Waals surface area (Å²) in [5, 5.41) is 0. The minimum atomic E-state index is 0.422. The van der Waals surface area contributed by atoms with Gasteiger partial charge in [-0.05, 0) is 68.7 Å². The molecule has 0 bridgehead atoms. The highest BCUT2D eigenvalue weighted by Gasteiger charge is 2.35. The Labute approximate surface area is 126 Å². The largest absolute Gasteiger partial charge is 0.327 e. The maximum absolute atomic E-state index is 6.39. The van der Waals surface area contributed by atoms with E-state index in [1.165, 1.54) is 51.5 Å². The zero-order valence-corrected chi connectivity index (χ0v) is 14.4. The van der Waals surface area contributed by atoms with Crippen LogP contribution in [0, 0.1) is 16.7 Å². The summed E-state index contributed by atoms with van der Waals surface area (Å²) < 4.78 is 0. The number of nitrogens with two attached hydrogens (primary N) is 1. The van der Waals surface area contributed by atoms with Crippen molar-refractivity contribution < 1.29 is 0 Å². The molecule has 0 heterocycles. The predicted molar refractivity (Wildman–Crippen MR) is 87.8 cm³/mol. The SMILES string of the molecule is CN(CC1CC(C)(C)CCC1N)C1CCC(C)(C)CC1. The summed E-state index contributed by atoms with van der Waals surface area (Å²) in [5.74, 6) is 0.693. The number of rotatable bonds is 3. The standard InChI is InChI=1S/C18H36N2/c1-17(2)9-6-15(7-10-17)20(5)13-14-12-18(3,4)11-8-16(14)19/h14-16H,6-13,19H2,1-5H3. The average Bonchev–Trinajstić information content (AvgIpc) is 2.33. The Morgan fingerprint density at radius 2 is 1.50 bits per heavy atom. The van der Waals surface area contributed by atoms with Crippen LogP contribution in [0.25, 0.3) is 0 Å². The number of nitrogens with zero attached hydrogens (tertiary/aromatic N) is 1. The minimum Gasteiger partial charge on any atom is -0.327 e. The van der Waals surface area contributed by atoms with E-state index in [2.05, 4.69) is 39.6 Å². The molecule has 0 aliphatic heterocycles. The van der Waals surface area contributed by atoms with Crippen molar-refractivity contribution in [1.29, 1.82) is 0 Å². The first-order chi connectivity index (χ1) is 9.19. The van der Waals surface area contributed by atoms with Crippen molar-refractivity contribution in [2.24, 2.45) is 22.5 Å².